The maximum atomic E-state index is 14.2. The summed E-state index contributed by atoms with van der Waals surface area (Å²) >= 11 is 0. The smallest absolute Gasteiger partial charge is 0.217 e. The quantitative estimate of drug-likeness (QED) is 0.334. The number of H-pyrrole nitrogens is 1. The molecule has 2 aromatic heterocycles. The fourth-order valence-corrected chi connectivity index (χ4v) is 4.90. The van der Waals surface area contributed by atoms with E-state index in [0.717, 1.165) is 37.6 Å². The third-order valence-electron chi connectivity index (χ3n) is 6.73. The number of nitrogens with one attached hydrogen (secondary N) is 1. The Bertz CT molecular complexity index is 947. The van der Waals surface area contributed by atoms with Gasteiger partial charge in [0.1, 0.15) is 0 Å². The Kier molecular flexibility index (Phi) is 7.71. The fraction of sp³-hybridized carbons (Fsp3) is 0.500. The van der Waals surface area contributed by atoms with Gasteiger partial charge in [-0.2, -0.15) is 4.39 Å². The van der Waals surface area contributed by atoms with Crippen molar-refractivity contribution in [1.82, 2.24) is 19.8 Å². The van der Waals surface area contributed by atoms with Gasteiger partial charge >= 0.3 is 0 Å². The van der Waals surface area contributed by atoms with Gasteiger partial charge in [0.2, 0.25) is 5.95 Å². The van der Waals surface area contributed by atoms with Gasteiger partial charge in [-0.1, -0.05) is 43.5 Å². The second-order valence-corrected chi connectivity index (χ2v) is 9.00. The number of rotatable bonds is 10. The van der Waals surface area contributed by atoms with E-state index in [1.54, 1.807) is 0 Å². The summed E-state index contributed by atoms with van der Waals surface area (Å²) in [6.45, 7) is 3.48. The molecule has 1 aliphatic carbocycles. The van der Waals surface area contributed by atoms with Crippen molar-refractivity contribution >= 4 is 10.9 Å². The fourth-order valence-electron chi connectivity index (χ4n) is 4.90. The van der Waals surface area contributed by atoms with Crippen molar-refractivity contribution in [3.63, 3.8) is 0 Å². The molecule has 166 valence electrons. The van der Waals surface area contributed by atoms with Gasteiger partial charge < -0.3 is 9.88 Å². The average Bonchev–Trinajstić information content (AvgIpc) is 3.21. The highest BCUT2D eigenvalue weighted by Crippen LogP contribution is 2.23. The third-order valence-corrected chi connectivity index (χ3v) is 6.73. The molecule has 0 bridgehead atoms. The van der Waals surface area contributed by atoms with Crippen LogP contribution >= 0.6 is 0 Å². The van der Waals surface area contributed by atoms with Crippen molar-refractivity contribution in [1.29, 1.82) is 0 Å². The van der Waals surface area contributed by atoms with Gasteiger partial charge in [-0.3, -0.25) is 4.90 Å². The van der Waals surface area contributed by atoms with Crippen LogP contribution in [-0.4, -0.2) is 45.9 Å². The Morgan fingerprint density at radius 3 is 2.58 bits per heavy atom. The molecule has 4 nitrogen and oxygen atoms in total. The molecule has 1 aromatic carbocycles. The van der Waals surface area contributed by atoms with Gasteiger partial charge in [-0.15, -0.1) is 0 Å². The molecular formula is C26H35FN4. The van der Waals surface area contributed by atoms with E-state index >= 15 is 0 Å². The number of para-hydroxylation sites is 1. The zero-order chi connectivity index (χ0) is 21.5. The van der Waals surface area contributed by atoms with Crippen molar-refractivity contribution in [2.45, 2.75) is 64.1 Å². The zero-order valence-corrected chi connectivity index (χ0v) is 18.7. The Morgan fingerprint density at radius 1 is 0.968 bits per heavy atom. The lowest BCUT2D eigenvalue weighted by Crippen LogP contribution is -2.34. The Hall–Kier alpha value is -2.24. The molecule has 0 aliphatic heterocycles. The lowest BCUT2D eigenvalue weighted by molar-refractivity contribution is 0.182. The summed E-state index contributed by atoms with van der Waals surface area (Å²) in [6.07, 6.45) is 12.8. The molecule has 5 heteroatoms. The largest absolute Gasteiger partial charge is 0.361 e. The average molecular weight is 423 g/mol. The standard InChI is InChI=1S/C26H35FN4/c1-30(23-11-3-2-4-12-23)16-7-8-17-31(19-21-10-9-15-28-26(21)27)20-22-18-29-25-14-6-5-13-24(22)25/h5-6,9-10,13-15,18,23,29H,2-4,7-8,11-12,16-17,19-20H2,1H3. The number of aromatic amines is 1. The molecular weight excluding hydrogens is 387 g/mol. The molecule has 0 atom stereocenters. The van der Waals surface area contributed by atoms with Crippen LogP contribution in [-0.2, 0) is 13.1 Å². The number of hydrogen-bond donors (Lipinski definition) is 1. The first-order valence-corrected chi connectivity index (χ1v) is 11.8. The predicted octanol–water partition coefficient (Wildman–Crippen LogP) is 5.75. The molecule has 0 radical (unpaired) electrons. The molecule has 1 aliphatic rings. The number of pyridine rings is 1. The number of halogens is 1. The van der Waals surface area contributed by atoms with E-state index in [9.17, 15) is 4.39 Å². The van der Waals surface area contributed by atoms with Crippen LogP contribution in [0.1, 0.15) is 56.1 Å². The van der Waals surface area contributed by atoms with Crippen LogP contribution in [0.5, 0.6) is 0 Å². The minimum atomic E-state index is -0.358. The van der Waals surface area contributed by atoms with Crippen molar-refractivity contribution in [3.05, 3.63) is 65.9 Å². The van der Waals surface area contributed by atoms with E-state index < -0.39 is 0 Å². The topological polar surface area (TPSA) is 35.2 Å². The number of fused-ring (bicyclic) bond motifs is 1. The molecule has 1 fully saturated rings. The highest BCUT2D eigenvalue weighted by molar-refractivity contribution is 5.82. The third kappa shape index (κ3) is 5.92. The summed E-state index contributed by atoms with van der Waals surface area (Å²) < 4.78 is 14.2. The highest BCUT2D eigenvalue weighted by atomic mass is 19.1. The van der Waals surface area contributed by atoms with E-state index in [-0.39, 0.29) is 5.95 Å². The molecule has 1 saturated carbocycles. The van der Waals surface area contributed by atoms with Crippen LogP contribution in [0.15, 0.2) is 48.8 Å². The van der Waals surface area contributed by atoms with Crippen molar-refractivity contribution < 1.29 is 4.39 Å². The van der Waals surface area contributed by atoms with E-state index in [0.29, 0.717) is 12.1 Å². The summed E-state index contributed by atoms with van der Waals surface area (Å²) in [6, 6.07) is 12.8. The predicted molar refractivity (Wildman–Crippen MR) is 125 cm³/mol. The summed E-state index contributed by atoms with van der Waals surface area (Å²) in [4.78, 5) is 12.1. The summed E-state index contributed by atoms with van der Waals surface area (Å²) in [5, 5.41) is 1.25. The SMILES string of the molecule is CN(CCCCN(Cc1cccnc1F)Cc1c[nH]c2ccccc12)C1CCCCC1. The second kappa shape index (κ2) is 10.9. The Labute approximate surface area is 185 Å². The van der Waals surface area contributed by atoms with Gasteiger partial charge in [-0.25, -0.2) is 4.98 Å². The molecule has 4 rings (SSSR count). The van der Waals surface area contributed by atoms with E-state index in [4.69, 9.17) is 0 Å². The van der Waals surface area contributed by atoms with Gasteiger partial charge in [0.15, 0.2) is 0 Å². The molecule has 0 unspecified atom stereocenters. The minimum absolute atomic E-state index is 0.358. The Balaban J connectivity index is 1.37. The minimum Gasteiger partial charge on any atom is -0.361 e. The van der Waals surface area contributed by atoms with E-state index in [1.165, 1.54) is 55.7 Å². The molecule has 0 saturated heterocycles. The van der Waals surface area contributed by atoms with Gasteiger partial charge in [0.05, 0.1) is 0 Å². The van der Waals surface area contributed by atoms with Crippen molar-refractivity contribution in [2.75, 3.05) is 20.1 Å². The van der Waals surface area contributed by atoms with Crippen LogP contribution in [0, 0.1) is 5.95 Å². The van der Waals surface area contributed by atoms with Crippen LogP contribution < -0.4 is 0 Å². The zero-order valence-electron chi connectivity index (χ0n) is 18.7. The molecule has 0 spiro atoms. The lowest BCUT2D eigenvalue weighted by atomic mass is 9.94. The highest BCUT2D eigenvalue weighted by Gasteiger charge is 2.18. The van der Waals surface area contributed by atoms with Crippen molar-refractivity contribution in [3.8, 4) is 0 Å². The van der Waals surface area contributed by atoms with Crippen LogP contribution in [0.3, 0.4) is 0 Å². The van der Waals surface area contributed by atoms with Crippen molar-refractivity contribution in [2.24, 2.45) is 0 Å². The number of nitrogens with zero attached hydrogens (tertiary/aromatic N) is 3. The maximum Gasteiger partial charge on any atom is 0.217 e. The number of aromatic nitrogens is 2. The van der Waals surface area contributed by atoms with Gasteiger partial charge in [0.25, 0.3) is 0 Å². The first kappa shape index (κ1) is 22.0. The molecule has 31 heavy (non-hydrogen) atoms. The summed E-state index contributed by atoms with van der Waals surface area (Å²) in [5.41, 5.74) is 3.08. The first-order valence-electron chi connectivity index (χ1n) is 11.8. The van der Waals surface area contributed by atoms with Crippen LogP contribution in [0.2, 0.25) is 0 Å². The first-order chi connectivity index (χ1) is 15.2. The monoisotopic (exact) mass is 422 g/mol. The number of benzene rings is 1. The summed E-state index contributed by atoms with van der Waals surface area (Å²) in [5.74, 6) is -0.358. The van der Waals surface area contributed by atoms with E-state index in [1.807, 2.05) is 18.2 Å². The van der Waals surface area contributed by atoms with Crippen LogP contribution in [0.4, 0.5) is 4.39 Å². The number of unbranched alkanes of at least 4 members (excludes halogenated alkanes) is 1. The second-order valence-electron chi connectivity index (χ2n) is 9.00. The summed E-state index contributed by atoms with van der Waals surface area (Å²) in [7, 11) is 2.28. The maximum absolute atomic E-state index is 14.2. The Morgan fingerprint density at radius 2 is 1.74 bits per heavy atom. The van der Waals surface area contributed by atoms with Crippen LogP contribution in [0.25, 0.3) is 10.9 Å². The van der Waals surface area contributed by atoms with Gasteiger partial charge in [0, 0.05) is 48.0 Å². The van der Waals surface area contributed by atoms with E-state index in [2.05, 4.69) is 51.2 Å². The lowest BCUT2D eigenvalue weighted by Gasteiger charge is -2.31. The molecule has 1 N–H and O–H groups in total. The molecule has 2 heterocycles. The normalized spacial score (nSPS) is 15.4. The molecule has 0 amide bonds. The van der Waals surface area contributed by atoms with Gasteiger partial charge in [-0.05, 0) is 63.5 Å². The molecule has 3 aromatic rings. The number of hydrogen-bond acceptors (Lipinski definition) is 3.